The molecule has 1 aliphatic rings. The molecule has 1 aromatic carbocycles. The zero-order valence-electron chi connectivity index (χ0n) is 16.7. The molecule has 1 N–H and O–H groups in total. The van der Waals surface area contributed by atoms with E-state index in [1.165, 1.54) is 0 Å². The van der Waals surface area contributed by atoms with Gasteiger partial charge in [0.25, 0.3) is 5.91 Å². The summed E-state index contributed by atoms with van der Waals surface area (Å²) in [6.07, 6.45) is 2.75. The minimum atomic E-state index is -1.30. The minimum absolute atomic E-state index is 0.217. The average molecular weight is 401 g/mol. The van der Waals surface area contributed by atoms with E-state index in [0.717, 1.165) is 24.1 Å². The first kappa shape index (κ1) is 21.0. The van der Waals surface area contributed by atoms with E-state index < -0.39 is 18.2 Å². The summed E-state index contributed by atoms with van der Waals surface area (Å²) in [5.41, 5.74) is 1.88. The number of amides is 1. The lowest BCUT2D eigenvalue weighted by molar-refractivity contribution is -0.182. The number of nitrogens with zero attached hydrogens (tertiary/aromatic N) is 3. The first-order valence-corrected chi connectivity index (χ1v) is 9.89. The molecule has 1 amide bonds. The van der Waals surface area contributed by atoms with Gasteiger partial charge in [0.05, 0.1) is 18.3 Å². The van der Waals surface area contributed by atoms with Crippen molar-refractivity contribution in [2.75, 3.05) is 19.8 Å². The molecule has 0 radical (unpaired) electrons. The molecule has 8 heteroatoms. The highest BCUT2D eigenvalue weighted by Crippen LogP contribution is 2.26. The van der Waals surface area contributed by atoms with Gasteiger partial charge < -0.3 is 19.5 Å². The Bertz CT molecular complexity index is 806. The van der Waals surface area contributed by atoms with Crippen LogP contribution < -0.4 is 0 Å². The number of unbranched alkanes of at least 4 members (excludes halogenated alkanes) is 1. The number of carboxylic acid groups (broad SMARTS) is 1. The van der Waals surface area contributed by atoms with Crippen molar-refractivity contribution >= 4 is 11.9 Å². The van der Waals surface area contributed by atoms with E-state index in [-0.39, 0.29) is 25.2 Å². The maximum atomic E-state index is 13.0. The number of aromatic nitrogens is 2. The number of carbonyl (C=O) groups excluding carboxylic acids is 1. The van der Waals surface area contributed by atoms with Gasteiger partial charge in [-0.2, -0.15) is 5.10 Å². The fourth-order valence-corrected chi connectivity index (χ4v) is 3.37. The highest BCUT2D eigenvalue weighted by molar-refractivity contribution is 5.88. The largest absolute Gasteiger partial charge is 0.479 e. The van der Waals surface area contributed by atoms with Gasteiger partial charge in [0, 0.05) is 25.5 Å². The van der Waals surface area contributed by atoms with Crippen molar-refractivity contribution in [3.63, 3.8) is 0 Å². The third kappa shape index (κ3) is 4.83. The standard InChI is InChI=1S/C21H27N3O5/c1-3-4-13-28-19(21(26)27)18-20(25)23(12-14-29-18)15(2)16-6-8-17(9-7-16)24-11-5-10-22-24/h5-11,15,18-19H,3-4,12-14H2,1-2H3,(H,26,27)/t15-,18-,19-/m1/s1. The first-order valence-electron chi connectivity index (χ1n) is 9.89. The van der Waals surface area contributed by atoms with Crippen LogP contribution in [0.4, 0.5) is 0 Å². The zero-order chi connectivity index (χ0) is 20.8. The number of morpholine rings is 1. The Balaban J connectivity index is 1.72. The lowest BCUT2D eigenvalue weighted by Crippen LogP contribution is -2.55. The molecule has 1 saturated heterocycles. The lowest BCUT2D eigenvalue weighted by Gasteiger charge is -2.38. The predicted octanol–water partition coefficient (Wildman–Crippen LogP) is 2.43. The monoisotopic (exact) mass is 401 g/mol. The second-order valence-corrected chi connectivity index (χ2v) is 7.02. The van der Waals surface area contributed by atoms with Crippen LogP contribution in [0.3, 0.4) is 0 Å². The van der Waals surface area contributed by atoms with Gasteiger partial charge in [-0.3, -0.25) is 4.79 Å². The number of carbonyl (C=O) groups is 2. The number of hydrogen-bond donors (Lipinski definition) is 1. The quantitative estimate of drug-likeness (QED) is 0.649. The van der Waals surface area contributed by atoms with Crippen LogP contribution in [0.2, 0.25) is 0 Å². The van der Waals surface area contributed by atoms with E-state index in [9.17, 15) is 14.7 Å². The Morgan fingerprint density at radius 3 is 2.76 bits per heavy atom. The van der Waals surface area contributed by atoms with Crippen molar-refractivity contribution in [2.45, 2.75) is 44.9 Å². The lowest BCUT2D eigenvalue weighted by atomic mass is 10.0. The summed E-state index contributed by atoms with van der Waals surface area (Å²) in [7, 11) is 0. The van der Waals surface area contributed by atoms with Crippen LogP contribution in [0.5, 0.6) is 0 Å². The summed E-state index contributed by atoms with van der Waals surface area (Å²) >= 11 is 0. The van der Waals surface area contributed by atoms with E-state index in [1.807, 2.05) is 50.4 Å². The van der Waals surface area contributed by atoms with Crippen LogP contribution in [-0.2, 0) is 19.1 Å². The van der Waals surface area contributed by atoms with Crippen LogP contribution in [0.1, 0.15) is 38.3 Å². The number of carboxylic acids is 1. The number of ether oxygens (including phenoxy) is 2. The van der Waals surface area contributed by atoms with Crippen LogP contribution >= 0.6 is 0 Å². The highest BCUT2D eigenvalue weighted by Gasteiger charge is 2.42. The SMILES string of the molecule is CCCCO[C@@H](C(=O)O)[C@H]1OCCN([C@H](C)c2ccc(-n3cccn3)cc2)C1=O. The molecule has 0 bridgehead atoms. The molecule has 8 nitrogen and oxygen atoms in total. The van der Waals surface area contributed by atoms with Gasteiger partial charge in [0.15, 0.2) is 12.2 Å². The van der Waals surface area contributed by atoms with Crippen molar-refractivity contribution in [3.05, 3.63) is 48.3 Å². The van der Waals surface area contributed by atoms with Gasteiger partial charge in [-0.15, -0.1) is 0 Å². The molecule has 2 aromatic rings. The number of rotatable bonds is 9. The Morgan fingerprint density at radius 1 is 1.38 bits per heavy atom. The summed E-state index contributed by atoms with van der Waals surface area (Å²) in [5.74, 6) is -1.54. The average Bonchev–Trinajstić information content (AvgIpc) is 3.26. The van der Waals surface area contributed by atoms with E-state index in [1.54, 1.807) is 15.8 Å². The van der Waals surface area contributed by atoms with E-state index in [4.69, 9.17) is 9.47 Å². The molecule has 29 heavy (non-hydrogen) atoms. The minimum Gasteiger partial charge on any atom is -0.479 e. The molecule has 3 rings (SSSR count). The molecule has 0 spiro atoms. The second-order valence-electron chi connectivity index (χ2n) is 7.02. The van der Waals surface area contributed by atoms with Gasteiger partial charge in [0.2, 0.25) is 0 Å². The van der Waals surface area contributed by atoms with Crippen molar-refractivity contribution in [1.29, 1.82) is 0 Å². The fraction of sp³-hybridized carbons (Fsp3) is 0.476. The molecular weight excluding hydrogens is 374 g/mol. The Labute approximate surface area is 170 Å². The zero-order valence-corrected chi connectivity index (χ0v) is 16.7. The number of aliphatic carboxylic acids is 1. The molecule has 2 heterocycles. The van der Waals surface area contributed by atoms with Crippen molar-refractivity contribution < 1.29 is 24.2 Å². The van der Waals surface area contributed by atoms with E-state index in [0.29, 0.717) is 6.54 Å². The normalized spacial score (nSPS) is 19.2. The Hall–Kier alpha value is -2.71. The van der Waals surface area contributed by atoms with Crippen LogP contribution in [0.25, 0.3) is 5.69 Å². The molecule has 1 aromatic heterocycles. The molecule has 3 atom stereocenters. The van der Waals surface area contributed by atoms with Crippen molar-refractivity contribution in [2.24, 2.45) is 0 Å². The molecule has 0 aliphatic carbocycles. The molecular formula is C21H27N3O5. The second kappa shape index (κ2) is 9.67. The van der Waals surface area contributed by atoms with Crippen LogP contribution in [-0.4, -0.2) is 63.6 Å². The molecule has 1 aliphatic heterocycles. The third-order valence-corrected chi connectivity index (χ3v) is 5.08. The number of benzene rings is 1. The van der Waals surface area contributed by atoms with Gasteiger partial charge in [-0.05, 0) is 37.1 Å². The van der Waals surface area contributed by atoms with Crippen LogP contribution in [0.15, 0.2) is 42.7 Å². The maximum absolute atomic E-state index is 13.0. The highest BCUT2D eigenvalue weighted by atomic mass is 16.6. The van der Waals surface area contributed by atoms with Gasteiger partial charge >= 0.3 is 5.97 Å². The first-order chi connectivity index (χ1) is 14.0. The van der Waals surface area contributed by atoms with Crippen molar-refractivity contribution in [3.8, 4) is 5.69 Å². The third-order valence-electron chi connectivity index (χ3n) is 5.08. The molecule has 1 fully saturated rings. The summed E-state index contributed by atoms with van der Waals surface area (Å²) in [6.45, 7) is 4.87. The summed E-state index contributed by atoms with van der Waals surface area (Å²) in [5, 5.41) is 13.7. The van der Waals surface area contributed by atoms with Gasteiger partial charge in [-0.25, -0.2) is 9.48 Å². The molecule has 0 unspecified atom stereocenters. The smallest absolute Gasteiger partial charge is 0.336 e. The Kier molecular flexibility index (Phi) is 7.00. The Morgan fingerprint density at radius 2 is 2.14 bits per heavy atom. The fourth-order valence-electron chi connectivity index (χ4n) is 3.37. The van der Waals surface area contributed by atoms with Crippen LogP contribution in [0, 0.1) is 0 Å². The maximum Gasteiger partial charge on any atom is 0.336 e. The van der Waals surface area contributed by atoms with Gasteiger partial charge in [-0.1, -0.05) is 25.5 Å². The molecule has 156 valence electrons. The summed E-state index contributed by atoms with van der Waals surface area (Å²) in [4.78, 5) is 26.3. The topological polar surface area (TPSA) is 93.9 Å². The summed E-state index contributed by atoms with van der Waals surface area (Å²) in [6, 6.07) is 9.41. The molecule has 0 saturated carbocycles. The van der Waals surface area contributed by atoms with Gasteiger partial charge in [0.1, 0.15) is 0 Å². The van der Waals surface area contributed by atoms with Crippen molar-refractivity contribution in [1.82, 2.24) is 14.7 Å². The van der Waals surface area contributed by atoms with E-state index >= 15 is 0 Å². The van der Waals surface area contributed by atoms with E-state index in [2.05, 4.69) is 5.10 Å². The predicted molar refractivity (Wildman–Crippen MR) is 106 cm³/mol. The number of hydrogen-bond acceptors (Lipinski definition) is 5. The summed E-state index contributed by atoms with van der Waals surface area (Å²) < 4.78 is 12.7.